The third-order valence-electron chi connectivity index (χ3n) is 4.46. The number of hydrogen-bond acceptors (Lipinski definition) is 4. The van der Waals surface area contributed by atoms with Gasteiger partial charge in [-0.2, -0.15) is 4.31 Å². The summed E-state index contributed by atoms with van der Waals surface area (Å²) in [6.07, 6.45) is 1.27. The number of halogens is 1. The minimum Gasteiger partial charge on any atom is -0.489 e. The van der Waals surface area contributed by atoms with E-state index in [-0.39, 0.29) is 0 Å². The molecule has 0 radical (unpaired) electrons. The van der Waals surface area contributed by atoms with Crippen LogP contribution in [0.25, 0.3) is 0 Å². The summed E-state index contributed by atoms with van der Waals surface area (Å²) in [5.74, 6) is 0.803. The molecule has 2 aromatic carbocycles. The molecule has 1 aliphatic heterocycles. The Labute approximate surface area is 160 Å². The molecule has 140 valence electrons. The van der Waals surface area contributed by atoms with Gasteiger partial charge >= 0.3 is 0 Å². The molecule has 0 N–H and O–H groups in total. The Hall–Kier alpha value is -1.60. The zero-order valence-electron chi connectivity index (χ0n) is 14.8. The van der Waals surface area contributed by atoms with Crippen molar-refractivity contribution in [1.82, 2.24) is 9.21 Å². The summed E-state index contributed by atoms with van der Waals surface area (Å²) in [5.41, 5.74) is 2.10. The van der Waals surface area contributed by atoms with Gasteiger partial charge in [0, 0.05) is 43.3 Å². The molecule has 5 nitrogen and oxygen atoms in total. The average Bonchev–Trinajstić information content (AvgIpc) is 2.61. The first kappa shape index (κ1) is 19.2. The summed E-state index contributed by atoms with van der Waals surface area (Å²) in [7, 11) is -3.09. The topological polar surface area (TPSA) is 49.9 Å². The minimum atomic E-state index is -3.09. The summed E-state index contributed by atoms with van der Waals surface area (Å²) < 4.78 is 30.6. The van der Waals surface area contributed by atoms with Crippen LogP contribution in [-0.4, -0.2) is 50.1 Å². The molecule has 0 unspecified atom stereocenters. The van der Waals surface area contributed by atoms with E-state index in [1.807, 2.05) is 42.5 Å². The molecule has 7 heteroatoms. The second kappa shape index (κ2) is 8.39. The van der Waals surface area contributed by atoms with E-state index in [2.05, 4.69) is 11.0 Å². The van der Waals surface area contributed by atoms with E-state index >= 15 is 0 Å². The van der Waals surface area contributed by atoms with Gasteiger partial charge in [0.2, 0.25) is 10.0 Å². The molecule has 0 saturated carbocycles. The lowest BCUT2D eigenvalue weighted by Crippen LogP contribution is -2.47. The van der Waals surface area contributed by atoms with Gasteiger partial charge in [-0.1, -0.05) is 41.9 Å². The number of hydrogen-bond donors (Lipinski definition) is 0. The van der Waals surface area contributed by atoms with Crippen LogP contribution in [0.4, 0.5) is 0 Å². The number of benzene rings is 2. The largest absolute Gasteiger partial charge is 0.489 e. The van der Waals surface area contributed by atoms with Crippen LogP contribution in [0.2, 0.25) is 5.02 Å². The van der Waals surface area contributed by atoms with Crippen molar-refractivity contribution in [3.05, 3.63) is 64.7 Å². The van der Waals surface area contributed by atoms with Crippen LogP contribution in [0.5, 0.6) is 5.75 Å². The molecule has 1 heterocycles. The van der Waals surface area contributed by atoms with Gasteiger partial charge in [0.15, 0.2) is 0 Å². The molecule has 26 heavy (non-hydrogen) atoms. The lowest BCUT2D eigenvalue weighted by atomic mass is 10.2. The van der Waals surface area contributed by atoms with Crippen molar-refractivity contribution in [2.75, 3.05) is 32.4 Å². The molecule has 1 saturated heterocycles. The first-order chi connectivity index (χ1) is 12.4. The van der Waals surface area contributed by atoms with Crippen LogP contribution >= 0.6 is 11.6 Å². The monoisotopic (exact) mass is 394 g/mol. The van der Waals surface area contributed by atoms with Crippen molar-refractivity contribution in [3.63, 3.8) is 0 Å². The van der Waals surface area contributed by atoms with Gasteiger partial charge in [0.1, 0.15) is 12.4 Å². The SMILES string of the molecule is CS(=O)(=O)N1CCN(Cc2cccc(OCc3ccccc3Cl)c2)CC1. The van der Waals surface area contributed by atoms with E-state index in [1.54, 1.807) is 0 Å². The predicted octanol–water partition coefficient (Wildman–Crippen LogP) is 3.00. The Bertz CT molecular complexity index is 849. The molecule has 0 bridgehead atoms. The third-order valence-corrected chi connectivity index (χ3v) is 6.13. The van der Waals surface area contributed by atoms with Gasteiger partial charge in [0.05, 0.1) is 6.26 Å². The van der Waals surface area contributed by atoms with E-state index in [0.29, 0.717) is 24.7 Å². The first-order valence-corrected chi connectivity index (χ1v) is 10.8. The molecule has 3 rings (SSSR count). The summed E-state index contributed by atoms with van der Waals surface area (Å²) in [6, 6.07) is 15.6. The van der Waals surface area contributed by atoms with Crippen LogP contribution in [0.15, 0.2) is 48.5 Å². The van der Waals surface area contributed by atoms with Crippen molar-refractivity contribution < 1.29 is 13.2 Å². The van der Waals surface area contributed by atoms with Gasteiger partial charge in [-0.15, -0.1) is 0 Å². The van der Waals surface area contributed by atoms with Crippen LogP contribution in [0.1, 0.15) is 11.1 Å². The van der Waals surface area contributed by atoms with Crippen molar-refractivity contribution in [2.24, 2.45) is 0 Å². The Kier molecular flexibility index (Phi) is 6.19. The van der Waals surface area contributed by atoms with Crippen molar-refractivity contribution >= 4 is 21.6 Å². The second-order valence-corrected chi connectivity index (χ2v) is 8.86. The van der Waals surface area contributed by atoms with Crippen LogP contribution < -0.4 is 4.74 Å². The molecule has 0 amide bonds. The van der Waals surface area contributed by atoms with E-state index < -0.39 is 10.0 Å². The van der Waals surface area contributed by atoms with E-state index in [0.717, 1.165) is 36.5 Å². The van der Waals surface area contributed by atoms with Gasteiger partial charge < -0.3 is 4.74 Å². The highest BCUT2D eigenvalue weighted by molar-refractivity contribution is 7.88. The number of ether oxygens (including phenoxy) is 1. The summed E-state index contributed by atoms with van der Waals surface area (Å²) in [4.78, 5) is 2.26. The van der Waals surface area contributed by atoms with Crippen LogP contribution in [-0.2, 0) is 23.2 Å². The van der Waals surface area contributed by atoms with Crippen molar-refractivity contribution in [2.45, 2.75) is 13.2 Å². The van der Waals surface area contributed by atoms with Gasteiger partial charge in [0.25, 0.3) is 0 Å². The highest BCUT2D eigenvalue weighted by Crippen LogP contribution is 2.20. The molecule has 0 aromatic heterocycles. The minimum absolute atomic E-state index is 0.427. The van der Waals surface area contributed by atoms with E-state index in [9.17, 15) is 8.42 Å². The lowest BCUT2D eigenvalue weighted by molar-refractivity contribution is 0.182. The molecule has 0 spiro atoms. The molecule has 2 aromatic rings. The fraction of sp³-hybridized carbons (Fsp3) is 0.368. The maximum absolute atomic E-state index is 11.6. The van der Waals surface area contributed by atoms with E-state index in [4.69, 9.17) is 16.3 Å². The normalized spacial score (nSPS) is 16.5. The molecular formula is C19H23ClN2O3S. The molecule has 0 atom stereocenters. The number of nitrogens with zero attached hydrogens (tertiary/aromatic N) is 2. The Morgan fingerprint density at radius 2 is 1.77 bits per heavy atom. The maximum Gasteiger partial charge on any atom is 0.211 e. The quantitative estimate of drug-likeness (QED) is 0.755. The van der Waals surface area contributed by atoms with Crippen LogP contribution in [0, 0.1) is 0 Å². The van der Waals surface area contributed by atoms with Crippen LogP contribution in [0.3, 0.4) is 0 Å². The average molecular weight is 395 g/mol. The predicted molar refractivity (Wildman–Crippen MR) is 104 cm³/mol. The fourth-order valence-corrected chi connectivity index (χ4v) is 4.00. The molecule has 1 aliphatic rings. The van der Waals surface area contributed by atoms with Gasteiger partial charge in [-0.3, -0.25) is 4.90 Å². The smallest absolute Gasteiger partial charge is 0.211 e. The number of rotatable bonds is 6. The summed E-state index contributed by atoms with van der Waals surface area (Å²) in [5, 5.41) is 0.701. The highest BCUT2D eigenvalue weighted by atomic mass is 35.5. The van der Waals surface area contributed by atoms with Gasteiger partial charge in [-0.05, 0) is 23.8 Å². The Morgan fingerprint density at radius 3 is 2.46 bits per heavy atom. The lowest BCUT2D eigenvalue weighted by Gasteiger charge is -2.33. The summed E-state index contributed by atoms with van der Waals surface area (Å²) in [6.45, 7) is 3.76. The van der Waals surface area contributed by atoms with Crippen molar-refractivity contribution in [1.29, 1.82) is 0 Å². The standard InChI is InChI=1S/C19H23ClN2O3S/c1-26(23,24)22-11-9-21(10-12-22)14-16-5-4-7-18(13-16)25-15-17-6-2-3-8-19(17)20/h2-8,13H,9-12,14-15H2,1H3. The first-order valence-electron chi connectivity index (χ1n) is 8.54. The van der Waals surface area contributed by atoms with Crippen molar-refractivity contribution in [3.8, 4) is 5.75 Å². The number of piperazine rings is 1. The molecule has 0 aliphatic carbocycles. The van der Waals surface area contributed by atoms with E-state index in [1.165, 1.54) is 10.6 Å². The molecular weight excluding hydrogens is 372 g/mol. The van der Waals surface area contributed by atoms with Gasteiger partial charge in [-0.25, -0.2) is 8.42 Å². The number of sulfonamides is 1. The molecule has 1 fully saturated rings. The zero-order valence-corrected chi connectivity index (χ0v) is 16.3. The Morgan fingerprint density at radius 1 is 1.04 bits per heavy atom. The fourth-order valence-electron chi connectivity index (χ4n) is 2.99. The zero-order chi connectivity index (χ0) is 18.6. The summed E-state index contributed by atoms with van der Waals surface area (Å²) >= 11 is 6.16. The Balaban J connectivity index is 1.56. The third kappa shape index (κ3) is 5.20. The highest BCUT2D eigenvalue weighted by Gasteiger charge is 2.23. The second-order valence-electron chi connectivity index (χ2n) is 6.47. The maximum atomic E-state index is 11.6.